The molecule has 0 bridgehead atoms. The smallest absolute Gasteiger partial charge is 0.262 e. The van der Waals surface area contributed by atoms with Crippen molar-refractivity contribution in [2.75, 3.05) is 11.9 Å². The maximum Gasteiger partial charge on any atom is 0.262 e. The SMILES string of the molecule is Cc1ccc(C)c(-c2nnc(OCC(=O)Nc3ccccc3Cl)c3ccccc23)c1. The third-order valence-electron chi connectivity index (χ3n) is 4.79. The van der Waals surface area contributed by atoms with Crippen LogP contribution in [0.15, 0.2) is 66.7 Å². The Bertz CT molecular complexity index is 1240. The Morgan fingerprint density at radius 3 is 2.50 bits per heavy atom. The third-order valence-corrected chi connectivity index (χ3v) is 5.12. The molecule has 1 amide bonds. The Labute approximate surface area is 179 Å². The van der Waals surface area contributed by atoms with E-state index in [2.05, 4.69) is 40.6 Å². The first-order chi connectivity index (χ1) is 14.5. The van der Waals surface area contributed by atoms with E-state index in [0.717, 1.165) is 33.2 Å². The Morgan fingerprint density at radius 1 is 0.967 bits per heavy atom. The van der Waals surface area contributed by atoms with Crippen LogP contribution >= 0.6 is 11.6 Å². The van der Waals surface area contributed by atoms with Gasteiger partial charge in [-0.2, -0.15) is 0 Å². The molecule has 4 aromatic rings. The van der Waals surface area contributed by atoms with Crippen LogP contribution in [0.25, 0.3) is 22.0 Å². The molecule has 0 spiro atoms. The van der Waals surface area contributed by atoms with Gasteiger partial charge in [0.05, 0.1) is 10.7 Å². The maximum atomic E-state index is 12.3. The van der Waals surface area contributed by atoms with Gasteiger partial charge in [0, 0.05) is 16.3 Å². The molecule has 1 aromatic heterocycles. The van der Waals surface area contributed by atoms with Gasteiger partial charge in [0.15, 0.2) is 6.61 Å². The molecule has 0 aliphatic rings. The van der Waals surface area contributed by atoms with Crippen molar-refractivity contribution in [2.24, 2.45) is 0 Å². The van der Waals surface area contributed by atoms with E-state index < -0.39 is 0 Å². The summed E-state index contributed by atoms with van der Waals surface area (Å²) in [5, 5.41) is 13.6. The van der Waals surface area contributed by atoms with E-state index in [0.29, 0.717) is 16.6 Å². The van der Waals surface area contributed by atoms with Gasteiger partial charge in [0.1, 0.15) is 5.69 Å². The molecular weight excluding hydrogens is 398 g/mol. The summed E-state index contributed by atoms with van der Waals surface area (Å²) in [6.45, 7) is 3.90. The number of benzene rings is 3. The van der Waals surface area contributed by atoms with Gasteiger partial charge in [-0.3, -0.25) is 4.79 Å². The molecule has 1 N–H and O–H groups in total. The van der Waals surface area contributed by atoms with Crippen LogP contribution in [-0.4, -0.2) is 22.7 Å². The van der Waals surface area contributed by atoms with E-state index >= 15 is 0 Å². The summed E-state index contributed by atoms with van der Waals surface area (Å²) >= 11 is 6.09. The van der Waals surface area contributed by atoms with Crippen molar-refractivity contribution in [1.82, 2.24) is 10.2 Å². The first kappa shape index (κ1) is 19.9. The number of amides is 1. The summed E-state index contributed by atoms with van der Waals surface area (Å²) in [5.41, 5.74) is 4.63. The molecular formula is C24H20ClN3O2. The lowest BCUT2D eigenvalue weighted by Crippen LogP contribution is -2.20. The highest BCUT2D eigenvalue weighted by Crippen LogP contribution is 2.32. The lowest BCUT2D eigenvalue weighted by molar-refractivity contribution is -0.118. The van der Waals surface area contributed by atoms with Crippen LogP contribution in [0.4, 0.5) is 5.69 Å². The second-order valence-electron chi connectivity index (χ2n) is 7.03. The first-order valence-corrected chi connectivity index (χ1v) is 9.91. The molecule has 6 heteroatoms. The molecule has 0 unspecified atom stereocenters. The number of halogens is 1. The molecule has 4 rings (SSSR count). The van der Waals surface area contributed by atoms with Crippen LogP contribution in [0.5, 0.6) is 5.88 Å². The number of hydrogen-bond acceptors (Lipinski definition) is 4. The summed E-state index contributed by atoms with van der Waals surface area (Å²) in [6, 6.07) is 21.0. The maximum absolute atomic E-state index is 12.3. The largest absolute Gasteiger partial charge is 0.466 e. The van der Waals surface area contributed by atoms with Crippen LogP contribution in [0.1, 0.15) is 11.1 Å². The van der Waals surface area contributed by atoms with E-state index in [4.69, 9.17) is 16.3 Å². The molecule has 1 heterocycles. The summed E-state index contributed by atoms with van der Waals surface area (Å²) < 4.78 is 5.71. The molecule has 0 saturated heterocycles. The molecule has 0 aliphatic carbocycles. The highest BCUT2D eigenvalue weighted by Gasteiger charge is 2.15. The molecule has 0 saturated carbocycles. The Balaban J connectivity index is 1.61. The van der Waals surface area contributed by atoms with E-state index in [-0.39, 0.29) is 12.5 Å². The Hall–Kier alpha value is -3.44. The van der Waals surface area contributed by atoms with Gasteiger partial charge in [-0.1, -0.05) is 59.6 Å². The molecule has 0 aliphatic heterocycles. The monoisotopic (exact) mass is 417 g/mol. The van der Waals surface area contributed by atoms with Crippen molar-refractivity contribution in [3.05, 3.63) is 82.9 Å². The predicted octanol–water partition coefficient (Wildman–Crippen LogP) is 5.58. The minimum absolute atomic E-state index is 0.202. The van der Waals surface area contributed by atoms with Crippen LogP contribution in [0.3, 0.4) is 0 Å². The van der Waals surface area contributed by atoms with Gasteiger partial charge in [-0.05, 0) is 43.7 Å². The summed E-state index contributed by atoms with van der Waals surface area (Å²) in [7, 11) is 0. The van der Waals surface area contributed by atoms with E-state index in [1.807, 2.05) is 31.2 Å². The number of fused-ring (bicyclic) bond motifs is 1. The highest BCUT2D eigenvalue weighted by molar-refractivity contribution is 6.33. The van der Waals surface area contributed by atoms with Gasteiger partial charge in [0.25, 0.3) is 5.91 Å². The highest BCUT2D eigenvalue weighted by atomic mass is 35.5. The second kappa shape index (κ2) is 8.51. The van der Waals surface area contributed by atoms with Crippen molar-refractivity contribution in [2.45, 2.75) is 13.8 Å². The van der Waals surface area contributed by atoms with Crippen molar-refractivity contribution in [1.29, 1.82) is 0 Å². The van der Waals surface area contributed by atoms with Crippen molar-refractivity contribution < 1.29 is 9.53 Å². The number of hydrogen-bond donors (Lipinski definition) is 1. The van der Waals surface area contributed by atoms with Crippen molar-refractivity contribution >= 4 is 34.0 Å². The summed E-state index contributed by atoms with van der Waals surface area (Å²) in [4.78, 5) is 12.3. The zero-order valence-corrected chi connectivity index (χ0v) is 17.4. The third kappa shape index (κ3) is 4.11. The van der Waals surface area contributed by atoms with Gasteiger partial charge in [-0.15, -0.1) is 10.2 Å². The van der Waals surface area contributed by atoms with Gasteiger partial charge < -0.3 is 10.1 Å². The standard InChI is InChI=1S/C24H20ClN3O2/c1-15-11-12-16(2)19(13-15)23-17-7-3-4-8-18(17)24(28-27-23)30-14-22(29)26-21-10-6-5-9-20(21)25/h3-13H,14H2,1-2H3,(H,26,29). The number of ether oxygens (including phenoxy) is 1. The zero-order chi connectivity index (χ0) is 21.1. The van der Waals surface area contributed by atoms with E-state index in [1.165, 1.54) is 0 Å². The van der Waals surface area contributed by atoms with Crippen molar-refractivity contribution in [3.8, 4) is 17.1 Å². The minimum atomic E-state index is -0.326. The van der Waals surface area contributed by atoms with E-state index in [9.17, 15) is 4.79 Å². The van der Waals surface area contributed by atoms with Crippen LogP contribution in [-0.2, 0) is 4.79 Å². The number of rotatable bonds is 5. The van der Waals surface area contributed by atoms with E-state index in [1.54, 1.807) is 24.3 Å². The lowest BCUT2D eigenvalue weighted by atomic mass is 9.99. The summed E-state index contributed by atoms with van der Waals surface area (Å²) in [6.07, 6.45) is 0. The molecule has 0 atom stereocenters. The van der Waals surface area contributed by atoms with Crippen LogP contribution in [0.2, 0.25) is 5.02 Å². The number of anilines is 1. The molecule has 0 radical (unpaired) electrons. The average molecular weight is 418 g/mol. The number of carbonyl (C=O) groups is 1. The second-order valence-corrected chi connectivity index (χ2v) is 7.44. The van der Waals surface area contributed by atoms with Gasteiger partial charge >= 0.3 is 0 Å². The molecule has 5 nitrogen and oxygen atoms in total. The summed E-state index contributed by atoms with van der Waals surface area (Å²) in [5.74, 6) is -0.0125. The number of nitrogens with zero attached hydrogens (tertiary/aromatic N) is 2. The fraction of sp³-hybridized carbons (Fsp3) is 0.125. The van der Waals surface area contributed by atoms with Gasteiger partial charge in [0.2, 0.25) is 5.88 Å². The van der Waals surface area contributed by atoms with Gasteiger partial charge in [-0.25, -0.2) is 0 Å². The zero-order valence-electron chi connectivity index (χ0n) is 16.6. The number of carbonyl (C=O) groups excluding carboxylic acids is 1. The topological polar surface area (TPSA) is 64.1 Å². The van der Waals surface area contributed by atoms with Crippen molar-refractivity contribution in [3.63, 3.8) is 0 Å². The molecule has 3 aromatic carbocycles. The average Bonchev–Trinajstić information content (AvgIpc) is 2.75. The Morgan fingerprint density at radius 2 is 1.70 bits per heavy atom. The number of nitrogens with one attached hydrogen (secondary N) is 1. The molecule has 150 valence electrons. The fourth-order valence-electron chi connectivity index (χ4n) is 3.26. The quantitative estimate of drug-likeness (QED) is 0.460. The minimum Gasteiger partial charge on any atom is -0.466 e. The number of aryl methyl sites for hydroxylation is 2. The fourth-order valence-corrected chi connectivity index (χ4v) is 3.44. The first-order valence-electron chi connectivity index (χ1n) is 9.53. The predicted molar refractivity (Wildman–Crippen MR) is 120 cm³/mol. The van der Waals surface area contributed by atoms with Crippen LogP contribution in [0, 0.1) is 13.8 Å². The normalized spacial score (nSPS) is 10.8. The molecule has 0 fully saturated rings. The Kier molecular flexibility index (Phi) is 5.63. The number of aromatic nitrogens is 2. The number of para-hydroxylation sites is 1. The molecule has 30 heavy (non-hydrogen) atoms. The lowest BCUT2D eigenvalue weighted by Gasteiger charge is -2.12. The van der Waals surface area contributed by atoms with Crippen LogP contribution < -0.4 is 10.1 Å².